The number of pyridine rings is 1. The van der Waals surface area contributed by atoms with E-state index in [0.717, 1.165) is 6.92 Å². The molecule has 1 fully saturated rings. The van der Waals surface area contributed by atoms with E-state index in [-0.39, 0.29) is 23.1 Å². The molecule has 2 aliphatic carbocycles. The lowest BCUT2D eigenvalue weighted by atomic mass is 9.73. The van der Waals surface area contributed by atoms with Crippen molar-refractivity contribution in [1.82, 2.24) is 4.98 Å². The summed E-state index contributed by atoms with van der Waals surface area (Å²) in [7, 11) is 0. The van der Waals surface area contributed by atoms with Crippen LogP contribution in [0.25, 0.3) is 0 Å². The van der Waals surface area contributed by atoms with Crippen molar-refractivity contribution in [3.8, 4) is 0 Å². The first-order valence-electron chi connectivity index (χ1n) is 15.9. The Kier molecular flexibility index (Phi) is 10.9. The molecule has 0 saturated heterocycles. The number of hydrogen-bond donors (Lipinski definition) is 2. The molecule has 0 bridgehead atoms. The smallest absolute Gasteiger partial charge is 0.340 e. The summed E-state index contributed by atoms with van der Waals surface area (Å²) in [5, 5.41) is 23.9. The molecule has 12 nitrogen and oxygen atoms in total. The first-order chi connectivity index (χ1) is 22.9. The van der Waals surface area contributed by atoms with Crippen molar-refractivity contribution in [2.75, 3.05) is 0 Å². The molecule has 0 radical (unpaired) electrons. The number of ether oxygens (including phenoxy) is 4. The van der Waals surface area contributed by atoms with Crippen LogP contribution in [0.3, 0.4) is 0 Å². The quantitative estimate of drug-likeness (QED) is 0.256. The molecule has 12 heteroatoms. The van der Waals surface area contributed by atoms with Crippen LogP contribution < -0.4 is 0 Å². The predicted molar refractivity (Wildman–Crippen MR) is 175 cm³/mol. The van der Waals surface area contributed by atoms with Gasteiger partial charge >= 0.3 is 23.9 Å². The molecule has 2 aliphatic rings. The fourth-order valence-corrected chi connectivity index (χ4v) is 6.81. The maximum Gasteiger partial charge on any atom is 0.340 e. The number of rotatable bonds is 6. The number of aromatic nitrogens is 1. The zero-order chi connectivity index (χ0) is 36.3. The van der Waals surface area contributed by atoms with Crippen LogP contribution in [0, 0.1) is 17.3 Å². The van der Waals surface area contributed by atoms with Gasteiger partial charge in [0.05, 0.1) is 23.1 Å². The number of fused-ring (bicyclic) bond motifs is 1. The normalized spacial score (nSPS) is 32.0. The summed E-state index contributed by atoms with van der Waals surface area (Å²) in [5.41, 5.74) is -5.02. The number of nitrogens with zero attached hydrogens (tertiary/aromatic N) is 1. The monoisotopic (exact) mass is 677 g/mol. The van der Waals surface area contributed by atoms with Gasteiger partial charge < -0.3 is 29.2 Å². The number of hydrogen-bond acceptors (Lipinski definition) is 12. The average Bonchev–Trinajstić information content (AvgIpc) is 3.26. The number of aliphatic hydroxyl groups excluding tert-OH is 1. The summed E-state index contributed by atoms with van der Waals surface area (Å²) in [6.07, 6.45) is -0.612. The SMILES string of the molecule is C=C1C[C@@H](OC(C)=O)[C@@H](OC(=O)c2cccnc2)C(C)(C)/C=C/[C@H](C)C(=O)[C@@]2(OC(C)=O)C[C@](C)(O)[C@H](OC(=O)c3ccccc3)[C@@H]2[C@H]1O. The van der Waals surface area contributed by atoms with Crippen molar-refractivity contribution >= 4 is 29.7 Å². The number of ketones is 1. The Morgan fingerprint density at radius 1 is 0.898 bits per heavy atom. The number of carbonyl (C=O) groups is 5. The number of carbonyl (C=O) groups excluding carboxylic acids is 5. The summed E-state index contributed by atoms with van der Waals surface area (Å²) >= 11 is 0. The van der Waals surface area contributed by atoms with Crippen LogP contribution in [-0.2, 0) is 33.3 Å². The second-order valence-electron chi connectivity index (χ2n) is 13.6. The van der Waals surface area contributed by atoms with E-state index in [1.165, 1.54) is 50.5 Å². The second kappa shape index (κ2) is 14.4. The highest BCUT2D eigenvalue weighted by molar-refractivity contribution is 5.94. The number of Topliss-reactive ketones (excluding diaryl/α,β-unsaturated/α-hetero) is 1. The molecule has 262 valence electrons. The van der Waals surface area contributed by atoms with E-state index in [2.05, 4.69) is 11.6 Å². The van der Waals surface area contributed by atoms with Crippen LogP contribution in [0.2, 0.25) is 0 Å². The van der Waals surface area contributed by atoms with Gasteiger partial charge in [0.25, 0.3) is 0 Å². The van der Waals surface area contributed by atoms with E-state index < -0.39 is 89.0 Å². The van der Waals surface area contributed by atoms with Crippen LogP contribution in [-0.4, -0.2) is 80.5 Å². The van der Waals surface area contributed by atoms with Gasteiger partial charge in [-0.15, -0.1) is 0 Å². The Morgan fingerprint density at radius 3 is 2.10 bits per heavy atom. The lowest BCUT2D eigenvalue weighted by Gasteiger charge is -2.41. The highest BCUT2D eigenvalue weighted by atomic mass is 16.6. The molecule has 49 heavy (non-hydrogen) atoms. The van der Waals surface area contributed by atoms with Crippen LogP contribution in [0.15, 0.2) is 79.2 Å². The molecule has 1 aromatic carbocycles. The summed E-state index contributed by atoms with van der Waals surface area (Å²) < 4.78 is 23.3. The van der Waals surface area contributed by atoms with Crippen LogP contribution in [0.5, 0.6) is 0 Å². The fraction of sp³-hybridized carbons (Fsp3) is 0.459. The maximum atomic E-state index is 14.5. The second-order valence-corrected chi connectivity index (χ2v) is 13.6. The summed E-state index contributed by atoms with van der Waals surface area (Å²) in [6, 6.07) is 11.0. The van der Waals surface area contributed by atoms with E-state index in [4.69, 9.17) is 18.9 Å². The van der Waals surface area contributed by atoms with E-state index in [1.807, 2.05) is 0 Å². The van der Waals surface area contributed by atoms with Crippen molar-refractivity contribution < 1.29 is 53.1 Å². The molecule has 2 N–H and O–H groups in total. The third-order valence-electron chi connectivity index (χ3n) is 9.05. The third kappa shape index (κ3) is 7.97. The van der Waals surface area contributed by atoms with Crippen molar-refractivity contribution in [1.29, 1.82) is 0 Å². The maximum absolute atomic E-state index is 14.5. The van der Waals surface area contributed by atoms with Crippen molar-refractivity contribution in [3.63, 3.8) is 0 Å². The molecule has 4 rings (SSSR count). The minimum absolute atomic E-state index is 0.0329. The number of allylic oxidation sites excluding steroid dienone is 1. The van der Waals surface area contributed by atoms with Gasteiger partial charge in [-0.3, -0.25) is 19.4 Å². The minimum Gasteiger partial charge on any atom is -0.458 e. The Morgan fingerprint density at radius 2 is 1.51 bits per heavy atom. The molecule has 8 atom stereocenters. The van der Waals surface area contributed by atoms with E-state index in [0.29, 0.717) is 0 Å². The summed E-state index contributed by atoms with van der Waals surface area (Å²) in [6.45, 7) is 12.6. The van der Waals surface area contributed by atoms with Crippen molar-refractivity contribution in [2.45, 2.75) is 90.0 Å². The van der Waals surface area contributed by atoms with E-state index in [9.17, 15) is 34.2 Å². The molecule has 0 aliphatic heterocycles. The molecular weight excluding hydrogens is 634 g/mol. The molecule has 0 amide bonds. The summed E-state index contributed by atoms with van der Waals surface area (Å²) in [4.78, 5) is 70.3. The molecule has 0 unspecified atom stereocenters. The largest absolute Gasteiger partial charge is 0.458 e. The Hall–Kier alpha value is -4.68. The van der Waals surface area contributed by atoms with Gasteiger partial charge in [-0.1, -0.05) is 57.7 Å². The zero-order valence-electron chi connectivity index (χ0n) is 28.5. The van der Waals surface area contributed by atoms with Crippen molar-refractivity contribution in [2.24, 2.45) is 17.3 Å². The first kappa shape index (κ1) is 37.1. The topological polar surface area (TPSA) is 176 Å². The molecule has 2 aromatic rings. The fourth-order valence-electron chi connectivity index (χ4n) is 6.81. The molecule has 0 spiro atoms. The number of aliphatic hydroxyl groups is 2. The van der Waals surface area contributed by atoms with Gasteiger partial charge in [-0.2, -0.15) is 0 Å². The van der Waals surface area contributed by atoms with Gasteiger partial charge in [0, 0.05) is 50.4 Å². The first-order valence-corrected chi connectivity index (χ1v) is 15.9. The lowest BCUT2D eigenvalue weighted by molar-refractivity contribution is -0.178. The van der Waals surface area contributed by atoms with Crippen LogP contribution in [0.1, 0.15) is 75.1 Å². The van der Waals surface area contributed by atoms with Gasteiger partial charge in [-0.05, 0) is 36.8 Å². The minimum atomic E-state index is -2.18. The highest BCUT2D eigenvalue weighted by Crippen LogP contribution is 2.52. The predicted octanol–water partition coefficient (Wildman–Crippen LogP) is 3.95. The highest BCUT2D eigenvalue weighted by Gasteiger charge is 2.69. The van der Waals surface area contributed by atoms with Crippen LogP contribution in [0.4, 0.5) is 0 Å². The lowest BCUT2D eigenvalue weighted by Crippen LogP contribution is -2.56. The van der Waals surface area contributed by atoms with Gasteiger partial charge in [0.2, 0.25) is 0 Å². The zero-order valence-corrected chi connectivity index (χ0v) is 28.5. The molecule has 1 heterocycles. The Labute approximate surface area is 285 Å². The number of benzene rings is 1. The van der Waals surface area contributed by atoms with Gasteiger partial charge in [0.15, 0.2) is 11.4 Å². The van der Waals surface area contributed by atoms with Gasteiger partial charge in [0.1, 0.15) is 23.9 Å². The van der Waals surface area contributed by atoms with E-state index >= 15 is 0 Å². The Bertz CT molecular complexity index is 1620. The van der Waals surface area contributed by atoms with Gasteiger partial charge in [-0.25, -0.2) is 9.59 Å². The number of esters is 4. The van der Waals surface area contributed by atoms with Crippen molar-refractivity contribution in [3.05, 3.63) is 90.3 Å². The van der Waals surface area contributed by atoms with Crippen LogP contribution >= 0.6 is 0 Å². The molecule has 1 saturated carbocycles. The molecule has 1 aromatic heterocycles. The van der Waals surface area contributed by atoms with E-state index in [1.54, 1.807) is 51.1 Å². The average molecular weight is 678 g/mol. The Balaban J connectivity index is 1.88. The molecular formula is C37H43NO11. The standard InChI is InChI=1S/C37H43NO11/c1-21-15-16-35(5,6)31(47-34(44)26-14-11-17-38-19-26)27(46-23(3)39)18-22(2)29(41)28-32(48-33(43)25-12-9-8-10-13-25)36(7,45)20-37(28,30(21)42)49-24(4)40/h8-17,19,21,27-29,31-32,41,45H,2,18,20H2,1,3-7H3/b16-15+/t21-,27+,28-,29-,31+,32+,36-,37+/m0/s1. The third-order valence-corrected chi connectivity index (χ3v) is 9.05. The summed E-state index contributed by atoms with van der Waals surface area (Å²) in [5.74, 6) is -6.43.